The molecule has 0 radical (unpaired) electrons. The third kappa shape index (κ3) is 2.43. The number of benzene rings is 1. The van der Waals surface area contributed by atoms with Gasteiger partial charge in [0.25, 0.3) is 5.22 Å². The van der Waals surface area contributed by atoms with Crippen molar-refractivity contribution in [2.75, 3.05) is 0 Å². The summed E-state index contributed by atoms with van der Waals surface area (Å²) in [4.78, 5) is 12.4. The van der Waals surface area contributed by atoms with Gasteiger partial charge < -0.3 is 4.42 Å². The van der Waals surface area contributed by atoms with E-state index >= 15 is 0 Å². The van der Waals surface area contributed by atoms with E-state index in [-0.39, 0.29) is 10.3 Å². The summed E-state index contributed by atoms with van der Waals surface area (Å²) in [7, 11) is 0. The van der Waals surface area contributed by atoms with Gasteiger partial charge in [-0.1, -0.05) is 35.3 Å². The minimum Gasteiger partial charge on any atom is -0.431 e. The fourth-order valence-electron chi connectivity index (χ4n) is 1.39. The van der Waals surface area contributed by atoms with Crippen molar-refractivity contribution in [2.45, 2.75) is 10.4 Å². The Bertz CT molecular complexity index is 663. The second-order valence-electron chi connectivity index (χ2n) is 3.35. The summed E-state index contributed by atoms with van der Waals surface area (Å²) in [5, 5.41) is 1.43. The third-order valence-electron chi connectivity index (χ3n) is 2.10. The highest BCUT2D eigenvalue weighted by molar-refractivity contribution is 7.98. The van der Waals surface area contributed by atoms with Crippen molar-refractivity contribution in [2.24, 2.45) is 0 Å². The zero-order valence-corrected chi connectivity index (χ0v) is 11.1. The standard InChI is InChI=1S/C11H5Cl2N3OS/c12-8-5-9(13)16-10(15-8)18-11-14-6-3-1-2-4-7(6)17-11/h1-5H. The molecule has 4 nitrogen and oxygen atoms in total. The van der Waals surface area contributed by atoms with Gasteiger partial charge in [0.15, 0.2) is 10.7 Å². The van der Waals surface area contributed by atoms with Gasteiger partial charge in [-0.3, -0.25) is 0 Å². The van der Waals surface area contributed by atoms with Gasteiger partial charge in [-0.2, -0.15) is 0 Å². The normalized spacial score (nSPS) is 11.0. The zero-order valence-electron chi connectivity index (χ0n) is 8.80. The fraction of sp³-hybridized carbons (Fsp3) is 0. The molecular weight excluding hydrogens is 293 g/mol. The first kappa shape index (κ1) is 11.8. The van der Waals surface area contributed by atoms with Crippen LogP contribution < -0.4 is 0 Å². The molecule has 90 valence electrons. The van der Waals surface area contributed by atoms with Gasteiger partial charge in [0, 0.05) is 17.8 Å². The van der Waals surface area contributed by atoms with E-state index in [0.29, 0.717) is 16.0 Å². The first-order valence-electron chi connectivity index (χ1n) is 4.94. The second kappa shape index (κ2) is 4.76. The van der Waals surface area contributed by atoms with Crippen molar-refractivity contribution < 1.29 is 4.42 Å². The molecule has 0 bridgehead atoms. The number of aromatic nitrogens is 3. The topological polar surface area (TPSA) is 51.8 Å². The van der Waals surface area contributed by atoms with Crippen molar-refractivity contribution >= 4 is 46.1 Å². The zero-order chi connectivity index (χ0) is 12.5. The number of rotatable bonds is 2. The van der Waals surface area contributed by atoms with Crippen molar-refractivity contribution in [1.29, 1.82) is 0 Å². The first-order valence-corrected chi connectivity index (χ1v) is 6.51. The van der Waals surface area contributed by atoms with Crippen molar-refractivity contribution in [1.82, 2.24) is 15.0 Å². The smallest absolute Gasteiger partial charge is 0.264 e. The minimum absolute atomic E-state index is 0.286. The van der Waals surface area contributed by atoms with Crippen LogP contribution in [0.25, 0.3) is 11.1 Å². The molecule has 0 aliphatic carbocycles. The predicted molar refractivity (Wildman–Crippen MR) is 70.2 cm³/mol. The average molecular weight is 298 g/mol. The SMILES string of the molecule is Clc1cc(Cl)nc(Sc2nc3ccccc3o2)n1. The molecule has 1 aromatic carbocycles. The second-order valence-corrected chi connectivity index (χ2v) is 5.04. The number of para-hydroxylation sites is 2. The van der Waals surface area contributed by atoms with Gasteiger partial charge >= 0.3 is 0 Å². The Labute approximate surface area is 116 Å². The molecule has 0 unspecified atom stereocenters. The van der Waals surface area contributed by atoms with E-state index < -0.39 is 0 Å². The Morgan fingerprint density at radius 3 is 2.44 bits per heavy atom. The van der Waals surface area contributed by atoms with Gasteiger partial charge in [0.05, 0.1) is 0 Å². The molecule has 2 heterocycles. The van der Waals surface area contributed by atoms with Gasteiger partial charge in [0.1, 0.15) is 15.8 Å². The van der Waals surface area contributed by atoms with E-state index in [9.17, 15) is 0 Å². The lowest BCUT2D eigenvalue weighted by atomic mass is 10.3. The third-order valence-corrected chi connectivity index (χ3v) is 3.20. The lowest BCUT2D eigenvalue weighted by Crippen LogP contribution is -1.87. The molecule has 0 saturated heterocycles. The molecule has 3 aromatic rings. The summed E-state index contributed by atoms with van der Waals surface area (Å²) in [5.41, 5.74) is 1.50. The molecule has 0 saturated carbocycles. The lowest BCUT2D eigenvalue weighted by Gasteiger charge is -1.96. The van der Waals surface area contributed by atoms with Crippen LogP contribution in [0.2, 0.25) is 10.3 Å². The first-order chi connectivity index (χ1) is 8.70. The van der Waals surface area contributed by atoms with Crippen LogP contribution >= 0.6 is 35.0 Å². The maximum Gasteiger partial charge on any atom is 0.264 e. The molecule has 0 spiro atoms. The molecule has 0 fully saturated rings. The van der Waals surface area contributed by atoms with E-state index in [0.717, 1.165) is 5.52 Å². The predicted octanol–water partition coefficient (Wildman–Crippen LogP) is 4.08. The van der Waals surface area contributed by atoms with Gasteiger partial charge in [-0.05, 0) is 12.1 Å². The maximum absolute atomic E-state index is 5.80. The van der Waals surface area contributed by atoms with E-state index in [1.807, 2.05) is 24.3 Å². The Balaban J connectivity index is 1.96. The molecule has 0 aliphatic rings. The number of fused-ring (bicyclic) bond motifs is 1. The van der Waals surface area contributed by atoms with Gasteiger partial charge in [-0.15, -0.1) is 0 Å². The average Bonchev–Trinajstić information content (AvgIpc) is 2.69. The quantitative estimate of drug-likeness (QED) is 0.527. The van der Waals surface area contributed by atoms with Crippen LogP contribution in [0.3, 0.4) is 0 Å². The molecule has 0 amide bonds. The molecule has 0 aliphatic heterocycles. The highest BCUT2D eigenvalue weighted by Crippen LogP contribution is 2.28. The van der Waals surface area contributed by atoms with Gasteiger partial charge in [-0.25, -0.2) is 15.0 Å². The van der Waals surface area contributed by atoms with Crippen LogP contribution in [0.4, 0.5) is 0 Å². The Kier molecular flexibility index (Phi) is 3.11. The van der Waals surface area contributed by atoms with Gasteiger partial charge in [0.2, 0.25) is 0 Å². The van der Waals surface area contributed by atoms with Crippen molar-refractivity contribution in [3.05, 3.63) is 40.6 Å². The maximum atomic E-state index is 5.80. The number of oxazole rings is 1. The van der Waals surface area contributed by atoms with E-state index in [1.54, 1.807) is 0 Å². The van der Waals surface area contributed by atoms with Crippen molar-refractivity contribution in [3.63, 3.8) is 0 Å². The number of halogens is 2. The largest absolute Gasteiger partial charge is 0.431 e. The monoisotopic (exact) mass is 297 g/mol. The van der Waals surface area contributed by atoms with Crippen LogP contribution in [0.15, 0.2) is 45.1 Å². The number of nitrogens with zero attached hydrogens (tertiary/aromatic N) is 3. The van der Waals surface area contributed by atoms with E-state index in [2.05, 4.69) is 15.0 Å². The Morgan fingerprint density at radius 1 is 1.00 bits per heavy atom. The van der Waals surface area contributed by atoms with Crippen LogP contribution in [-0.4, -0.2) is 15.0 Å². The van der Waals surface area contributed by atoms with Crippen LogP contribution in [0.1, 0.15) is 0 Å². The van der Waals surface area contributed by atoms with Crippen LogP contribution in [-0.2, 0) is 0 Å². The summed E-state index contributed by atoms with van der Waals surface area (Å²) in [6.07, 6.45) is 0. The number of hydrogen-bond donors (Lipinski definition) is 0. The highest BCUT2D eigenvalue weighted by atomic mass is 35.5. The summed E-state index contributed by atoms with van der Waals surface area (Å²) in [5.74, 6) is 0. The Morgan fingerprint density at radius 2 is 1.72 bits per heavy atom. The molecular formula is C11H5Cl2N3OS. The van der Waals surface area contributed by atoms with Crippen LogP contribution in [0.5, 0.6) is 0 Å². The van der Waals surface area contributed by atoms with E-state index in [1.165, 1.54) is 17.8 Å². The number of hydrogen-bond acceptors (Lipinski definition) is 5. The fourth-order valence-corrected chi connectivity index (χ4v) is 2.63. The summed E-state index contributed by atoms with van der Waals surface area (Å²) >= 11 is 12.8. The summed E-state index contributed by atoms with van der Waals surface area (Å²) in [6.45, 7) is 0. The summed E-state index contributed by atoms with van der Waals surface area (Å²) < 4.78 is 5.54. The molecule has 0 N–H and O–H groups in total. The van der Waals surface area contributed by atoms with Crippen LogP contribution in [0, 0.1) is 0 Å². The molecule has 2 aromatic heterocycles. The lowest BCUT2D eigenvalue weighted by molar-refractivity contribution is 0.488. The van der Waals surface area contributed by atoms with Crippen molar-refractivity contribution in [3.8, 4) is 0 Å². The highest BCUT2D eigenvalue weighted by Gasteiger charge is 2.10. The molecule has 18 heavy (non-hydrogen) atoms. The minimum atomic E-state index is 0.286. The molecule has 3 rings (SSSR count). The Hall–Kier alpha value is -1.30. The molecule has 0 atom stereocenters. The summed E-state index contributed by atoms with van der Waals surface area (Å²) in [6, 6.07) is 8.97. The molecule has 7 heteroatoms. The van der Waals surface area contributed by atoms with E-state index in [4.69, 9.17) is 27.6 Å².